The first-order chi connectivity index (χ1) is 13.3. The van der Waals surface area contributed by atoms with E-state index in [1.165, 1.54) is 0 Å². The van der Waals surface area contributed by atoms with Crippen molar-refractivity contribution in [3.05, 3.63) is 64.7 Å². The molecule has 0 radical (unpaired) electrons. The molecule has 28 heavy (non-hydrogen) atoms. The van der Waals surface area contributed by atoms with Crippen LogP contribution in [0.2, 0.25) is 0 Å². The highest BCUT2D eigenvalue weighted by Crippen LogP contribution is 2.21. The molecule has 0 aromatic heterocycles. The van der Waals surface area contributed by atoms with Crippen LogP contribution in [0.4, 0.5) is 10.5 Å². The minimum absolute atomic E-state index is 0.0233. The summed E-state index contributed by atoms with van der Waals surface area (Å²) in [6.45, 7) is 5.54. The molecule has 5 N–H and O–H groups in total. The summed E-state index contributed by atoms with van der Waals surface area (Å²) in [4.78, 5) is 35.8. The fourth-order valence-corrected chi connectivity index (χ4v) is 3.02. The maximum atomic E-state index is 12.3. The van der Waals surface area contributed by atoms with Gasteiger partial charge in [-0.3, -0.25) is 9.59 Å². The second-order valence-corrected chi connectivity index (χ2v) is 6.71. The number of rotatable bonds is 7. The van der Waals surface area contributed by atoms with Gasteiger partial charge in [0.15, 0.2) is 0 Å². The van der Waals surface area contributed by atoms with Crippen molar-refractivity contribution in [3.8, 4) is 0 Å². The van der Waals surface area contributed by atoms with E-state index in [0.717, 1.165) is 27.9 Å². The average Bonchev–Trinajstić information content (AvgIpc) is 2.63. The molecular formula is C21H26N4O3. The Hall–Kier alpha value is -3.35. The Morgan fingerprint density at radius 1 is 0.893 bits per heavy atom. The van der Waals surface area contributed by atoms with Crippen molar-refractivity contribution < 1.29 is 14.4 Å². The van der Waals surface area contributed by atoms with E-state index in [0.29, 0.717) is 0 Å². The molecule has 7 nitrogen and oxygen atoms in total. The van der Waals surface area contributed by atoms with Gasteiger partial charge in [-0.25, -0.2) is 4.79 Å². The van der Waals surface area contributed by atoms with Gasteiger partial charge in [-0.05, 0) is 43.0 Å². The minimum atomic E-state index is -0.714. The molecule has 0 fully saturated rings. The molecule has 0 saturated heterocycles. The lowest BCUT2D eigenvalue weighted by atomic mass is 9.98. The monoisotopic (exact) mass is 382 g/mol. The van der Waals surface area contributed by atoms with Crippen LogP contribution in [0, 0.1) is 20.8 Å². The number of para-hydroxylation sites is 1. The Morgan fingerprint density at radius 2 is 1.50 bits per heavy atom. The standard InChI is InChI=1S/C21H26N4O3/c1-13-7-4-5-10-16(13)17(24-21(22)28)11-18(26)23-12-19(27)25-20-14(2)8-6-9-15(20)3/h4-10,17H,11-12H2,1-3H3,(H,23,26)(H,25,27)(H3,22,24,28). The van der Waals surface area contributed by atoms with E-state index >= 15 is 0 Å². The first-order valence-corrected chi connectivity index (χ1v) is 9.02. The van der Waals surface area contributed by atoms with Gasteiger partial charge in [0.25, 0.3) is 0 Å². The molecule has 0 bridgehead atoms. The molecule has 0 aliphatic heterocycles. The Kier molecular flexibility index (Phi) is 7.14. The highest BCUT2D eigenvalue weighted by molar-refractivity contribution is 5.95. The smallest absolute Gasteiger partial charge is 0.312 e. The molecule has 0 heterocycles. The number of hydrogen-bond acceptors (Lipinski definition) is 3. The van der Waals surface area contributed by atoms with Crippen molar-refractivity contribution in [2.75, 3.05) is 11.9 Å². The zero-order chi connectivity index (χ0) is 20.7. The largest absolute Gasteiger partial charge is 0.352 e. The fourth-order valence-electron chi connectivity index (χ4n) is 3.02. The number of anilines is 1. The number of amides is 4. The van der Waals surface area contributed by atoms with Crippen LogP contribution in [-0.4, -0.2) is 24.4 Å². The molecule has 1 unspecified atom stereocenters. The summed E-state index contributed by atoms with van der Waals surface area (Å²) in [5.74, 6) is -0.681. The second kappa shape index (κ2) is 9.55. The van der Waals surface area contributed by atoms with Crippen molar-refractivity contribution in [2.24, 2.45) is 5.73 Å². The van der Waals surface area contributed by atoms with E-state index in [9.17, 15) is 14.4 Å². The van der Waals surface area contributed by atoms with Crippen LogP contribution >= 0.6 is 0 Å². The molecule has 2 rings (SSSR count). The molecule has 7 heteroatoms. The van der Waals surface area contributed by atoms with Crippen LogP contribution in [0.25, 0.3) is 0 Å². The number of primary amides is 1. The minimum Gasteiger partial charge on any atom is -0.352 e. The molecule has 2 aromatic carbocycles. The third-order valence-corrected chi connectivity index (χ3v) is 4.46. The lowest BCUT2D eigenvalue weighted by Gasteiger charge is -2.19. The van der Waals surface area contributed by atoms with Crippen LogP contribution < -0.4 is 21.7 Å². The summed E-state index contributed by atoms with van der Waals surface area (Å²) < 4.78 is 0. The Labute approximate surface area is 164 Å². The van der Waals surface area contributed by atoms with Gasteiger partial charge in [0.1, 0.15) is 0 Å². The van der Waals surface area contributed by atoms with Gasteiger partial charge in [-0.2, -0.15) is 0 Å². The summed E-state index contributed by atoms with van der Waals surface area (Å²) in [5, 5.41) is 8.00. The van der Waals surface area contributed by atoms with Crippen LogP contribution in [0.15, 0.2) is 42.5 Å². The summed E-state index contributed by atoms with van der Waals surface area (Å²) >= 11 is 0. The molecule has 1 atom stereocenters. The van der Waals surface area contributed by atoms with Crippen molar-refractivity contribution in [1.82, 2.24) is 10.6 Å². The molecule has 0 saturated carbocycles. The number of carbonyl (C=O) groups excluding carboxylic acids is 3. The SMILES string of the molecule is Cc1ccccc1C(CC(=O)NCC(=O)Nc1c(C)cccc1C)NC(N)=O. The normalized spacial score (nSPS) is 11.4. The number of urea groups is 1. The molecular weight excluding hydrogens is 356 g/mol. The summed E-state index contributed by atoms with van der Waals surface area (Å²) in [6, 6.07) is 11.9. The molecule has 4 amide bonds. The van der Waals surface area contributed by atoms with Gasteiger partial charge in [0.05, 0.1) is 19.0 Å². The van der Waals surface area contributed by atoms with Crippen LogP contribution in [0.3, 0.4) is 0 Å². The maximum absolute atomic E-state index is 12.3. The number of benzene rings is 2. The first kappa shape index (κ1) is 21.0. The lowest BCUT2D eigenvalue weighted by Crippen LogP contribution is -2.39. The van der Waals surface area contributed by atoms with Gasteiger partial charge in [0.2, 0.25) is 11.8 Å². The van der Waals surface area contributed by atoms with Crippen molar-refractivity contribution in [1.29, 1.82) is 0 Å². The Balaban J connectivity index is 1.96. The predicted molar refractivity (Wildman–Crippen MR) is 109 cm³/mol. The molecule has 0 aliphatic rings. The number of nitrogens with two attached hydrogens (primary N) is 1. The van der Waals surface area contributed by atoms with Crippen molar-refractivity contribution in [3.63, 3.8) is 0 Å². The molecule has 0 aliphatic carbocycles. The highest BCUT2D eigenvalue weighted by Gasteiger charge is 2.19. The maximum Gasteiger partial charge on any atom is 0.312 e. The van der Waals surface area contributed by atoms with Gasteiger partial charge in [-0.1, -0.05) is 42.5 Å². The third kappa shape index (κ3) is 5.84. The topological polar surface area (TPSA) is 113 Å². The summed E-state index contributed by atoms with van der Waals surface area (Å²) in [6.07, 6.45) is -0.0233. The van der Waals surface area contributed by atoms with Crippen LogP contribution in [0.5, 0.6) is 0 Å². The summed E-state index contributed by atoms with van der Waals surface area (Å²) in [5.41, 5.74) is 9.62. The van der Waals surface area contributed by atoms with Gasteiger partial charge < -0.3 is 21.7 Å². The first-order valence-electron chi connectivity index (χ1n) is 9.02. The van der Waals surface area contributed by atoms with E-state index in [1.54, 1.807) is 0 Å². The third-order valence-electron chi connectivity index (χ3n) is 4.46. The molecule has 2 aromatic rings. The van der Waals surface area contributed by atoms with Gasteiger partial charge in [-0.15, -0.1) is 0 Å². The average molecular weight is 382 g/mol. The molecule has 0 spiro atoms. The Bertz CT molecular complexity index is 859. The Morgan fingerprint density at radius 3 is 2.11 bits per heavy atom. The van der Waals surface area contributed by atoms with Crippen molar-refractivity contribution in [2.45, 2.75) is 33.2 Å². The number of aryl methyl sites for hydroxylation is 3. The quantitative estimate of drug-likeness (QED) is 0.590. The number of nitrogens with one attached hydrogen (secondary N) is 3. The lowest BCUT2D eigenvalue weighted by molar-refractivity contribution is -0.124. The van der Waals surface area contributed by atoms with Crippen molar-refractivity contribution >= 4 is 23.5 Å². The van der Waals surface area contributed by atoms with Crippen LogP contribution in [0.1, 0.15) is 34.7 Å². The number of hydrogen-bond donors (Lipinski definition) is 4. The summed E-state index contributed by atoms with van der Waals surface area (Å²) in [7, 11) is 0. The zero-order valence-corrected chi connectivity index (χ0v) is 16.3. The van der Waals surface area contributed by atoms with E-state index in [-0.39, 0.29) is 24.8 Å². The van der Waals surface area contributed by atoms with E-state index in [4.69, 9.17) is 5.73 Å². The van der Waals surface area contributed by atoms with Gasteiger partial charge >= 0.3 is 6.03 Å². The van der Waals surface area contributed by atoms with E-state index < -0.39 is 12.1 Å². The zero-order valence-electron chi connectivity index (χ0n) is 16.3. The second-order valence-electron chi connectivity index (χ2n) is 6.71. The van der Waals surface area contributed by atoms with E-state index in [2.05, 4.69) is 16.0 Å². The fraction of sp³-hybridized carbons (Fsp3) is 0.286. The highest BCUT2D eigenvalue weighted by atomic mass is 16.2. The van der Waals surface area contributed by atoms with E-state index in [1.807, 2.05) is 63.2 Å². The van der Waals surface area contributed by atoms with Gasteiger partial charge in [0, 0.05) is 5.69 Å². The number of carbonyl (C=O) groups is 3. The van der Waals surface area contributed by atoms with Crippen LogP contribution in [-0.2, 0) is 9.59 Å². The predicted octanol–water partition coefficient (Wildman–Crippen LogP) is 2.47. The molecule has 148 valence electrons.